The van der Waals surface area contributed by atoms with Gasteiger partial charge in [-0.05, 0) is 68.2 Å². The lowest BCUT2D eigenvalue weighted by Crippen LogP contribution is -2.72. The number of aryl methyl sites for hydroxylation is 1. The normalized spacial score (nSPS) is 24.0. The Bertz CT molecular complexity index is 1750. The first-order valence-electron chi connectivity index (χ1n) is 17.3. The lowest BCUT2D eigenvalue weighted by Gasteiger charge is -2.52. The zero-order valence-corrected chi connectivity index (χ0v) is 30.6. The summed E-state index contributed by atoms with van der Waals surface area (Å²) in [7, 11) is 5.04. The van der Waals surface area contributed by atoms with Gasteiger partial charge in [0, 0.05) is 75.9 Å². The summed E-state index contributed by atoms with van der Waals surface area (Å²) >= 11 is 13.7. The van der Waals surface area contributed by atoms with Crippen LogP contribution in [0.5, 0.6) is 0 Å². The summed E-state index contributed by atoms with van der Waals surface area (Å²) in [5.74, 6) is -4.51. The molecule has 0 spiro atoms. The van der Waals surface area contributed by atoms with Crippen molar-refractivity contribution in [3.05, 3.63) is 63.8 Å². The largest absolute Gasteiger partial charge is 0.481 e. The minimum Gasteiger partial charge on any atom is -0.481 e. The number of aromatic nitrogens is 1. The minimum absolute atomic E-state index is 0.120. The lowest BCUT2D eigenvalue weighted by atomic mass is 9.87. The number of halogens is 2. The number of anilines is 1. The summed E-state index contributed by atoms with van der Waals surface area (Å²) in [5, 5.41) is 13.9. The van der Waals surface area contributed by atoms with Crippen LogP contribution in [0.15, 0.2) is 42.6 Å². The average Bonchev–Trinajstić information content (AvgIpc) is 3.85. The number of carbonyl (C=O) groups excluding carboxylic acids is 2. The summed E-state index contributed by atoms with van der Waals surface area (Å²) in [6, 6.07) is 10.8. The van der Waals surface area contributed by atoms with Gasteiger partial charge in [-0.25, -0.2) is 4.90 Å². The number of amides is 1. The van der Waals surface area contributed by atoms with Gasteiger partial charge in [-0.3, -0.25) is 19.3 Å². The van der Waals surface area contributed by atoms with Crippen molar-refractivity contribution in [3.63, 3.8) is 0 Å². The van der Waals surface area contributed by atoms with Crippen molar-refractivity contribution in [1.29, 1.82) is 0 Å². The molecule has 3 fully saturated rings. The van der Waals surface area contributed by atoms with Gasteiger partial charge in [0.2, 0.25) is 11.8 Å². The molecule has 3 aliphatic rings. The van der Waals surface area contributed by atoms with Crippen molar-refractivity contribution in [1.82, 2.24) is 14.4 Å². The predicted octanol–water partition coefficient (Wildman–Crippen LogP) is 6.55. The molecule has 2 atom stereocenters. The van der Waals surface area contributed by atoms with Gasteiger partial charge < -0.3 is 29.2 Å². The van der Waals surface area contributed by atoms with Crippen LogP contribution in [0, 0.1) is 11.8 Å². The van der Waals surface area contributed by atoms with Crippen LogP contribution in [0.3, 0.4) is 0 Å². The van der Waals surface area contributed by atoms with Gasteiger partial charge in [0.25, 0.3) is 5.91 Å². The first-order valence-corrected chi connectivity index (χ1v) is 18.1. The molecule has 13 heteroatoms. The van der Waals surface area contributed by atoms with Crippen LogP contribution in [-0.2, 0) is 37.3 Å². The second kappa shape index (κ2) is 14.9. The molecule has 3 heterocycles. The SMILES string of the molecule is COC1(OC)CC(C)CN1C(O[C@H]1CC[C@H](C(=O)O)CC1)(C(=O)Cc1cc(Cl)c(NC(=O)c2cn(C)c3ccccc23)cc1Cl)N1CCCC1. The zero-order chi connectivity index (χ0) is 35.8. The van der Waals surface area contributed by atoms with Gasteiger partial charge in [0.05, 0.1) is 28.3 Å². The maximum atomic E-state index is 15.1. The Kier molecular flexibility index (Phi) is 11.0. The van der Waals surface area contributed by atoms with Crippen LogP contribution in [0.25, 0.3) is 10.9 Å². The van der Waals surface area contributed by atoms with E-state index in [1.54, 1.807) is 32.5 Å². The third-order valence-electron chi connectivity index (χ3n) is 10.6. The van der Waals surface area contributed by atoms with E-state index in [2.05, 4.69) is 17.1 Å². The number of carboxylic acid groups (broad SMARTS) is 1. The lowest BCUT2D eigenvalue weighted by molar-refractivity contribution is -0.364. The van der Waals surface area contributed by atoms with E-state index in [1.807, 2.05) is 40.8 Å². The second-order valence-corrected chi connectivity index (χ2v) is 14.7. The van der Waals surface area contributed by atoms with Crippen molar-refractivity contribution in [2.45, 2.75) is 76.2 Å². The number of carboxylic acids is 1. The summed E-state index contributed by atoms with van der Waals surface area (Å²) in [6.07, 6.45) is 5.54. The number of likely N-dealkylation sites (tertiary alicyclic amines) is 2. The van der Waals surface area contributed by atoms with Crippen molar-refractivity contribution in [3.8, 4) is 0 Å². The molecule has 1 amide bonds. The summed E-state index contributed by atoms with van der Waals surface area (Å²) in [6.45, 7) is 3.81. The molecule has 3 aromatic rings. The van der Waals surface area contributed by atoms with E-state index in [4.69, 9.17) is 37.4 Å². The van der Waals surface area contributed by atoms with Gasteiger partial charge in [-0.15, -0.1) is 0 Å². The minimum atomic E-state index is -1.58. The quantitative estimate of drug-likeness (QED) is 0.200. The van der Waals surface area contributed by atoms with Gasteiger partial charge in [-0.1, -0.05) is 48.3 Å². The molecule has 6 rings (SSSR count). The van der Waals surface area contributed by atoms with Crippen molar-refractivity contribution >= 4 is 57.5 Å². The monoisotopic (exact) mass is 728 g/mol. The summed E-state index contributed by atoms with van der Waals surface area (Å²) in [4.78, 5) is 44.3. The molecule has 2 saturated heterocycles. The van der Waals surface area contributed by atoms with Gasteiger partial charge >= 0.3 is 5.97 Å². The molecule has 2 N–H and O–H groups in total. The highest BCUT2D eigenvalue weighted by molar-refractivity contribution is 6.36. The van der Waals surface area contributed by atoms with Crippen LogP contribution in [0.1, 0.15) is 67.8 Å². The summed E-state index contributed by atoms with van der Waals surface area (Å²) < 4.78 is 21.1. The summed E-state index contributed by atoms with van der Waals surface area (Å²) in [5.41, 5.74) is 2.24. The molecule has 0 radical (unpaired) electrons. The van der Waals surface area contributed by atoms with Crippen molar-refractivity contribution in [2.24, 2.45) is 18.9 Å². The molecule has 11 nitrogen and oxygen atoms in total. The van der Waals surface area contributed by atoms with Gasteiger partial charge in [0.1, 0.15) is 0 Å². The first kappa shape index (κ1) is 36.8. The molecule has 1 saturated carbocycles. The molecule has 2 aliphatic heterocycles. The number of hydrogen-bond acceptors (Lipinski definition) is 8. The molecule has 2 aromatic carbocycles. The van der Waals surface area contributed by atoms with Crippen LogP contribution in [0.2, 0.25) is 10.0 Å². The number of nitrogens with zero attached hydrogens (tertiary/aromatic N) is 3. The number of ether oxygens (including phenoxy) is 3. The number of methoxy groups -OCH3 is 2. The Morgan fingerprint density at radius 3 is 2.36 bits per heavy atom. The number of ketones is 1. The highest BCUT2D eigenvalue weighted by Crippen LogP contribution is 2.46. The smallest absolute Gasteiger partial charge is 0.306 e. The fraction of sp³-hybridized carbons (Fsp3) is 0.541. The van der Waals surface area contributed by atoms with Crippen LogP contribution in [0.4, 0.5) is 5.69 Å². The number of Topliss-reactive ketones (excluding diaryl/α,β-unsaturated/α-hetero) is 1. The van der Waals surface area contributed by atoms with Gasteiger partial charge in [-0.2, -0.15) is 0 Å². The number of carbonyl (C=O) groups is 3. The molecule has 2 unspecified atom stereocenters. The Labute approximate surface area is 302 Å². The standard InChI is InChI=1S/C37H46Cl2N4O7/c1-23-20-36(48-3,49-4)43(21-23)37(42-15-7-8-16-42,50-26-13-11-24(12-14-26)35(46)47)33(44)18-25-17-30(39)31(19-29(25)38)40-34(45)28-22-41(2)32-10-6-5-9-27(28)32/h5-6,9-10,17,19,22-24,26H,7-8,11-16,18,20-21H2,1-4H3,(H,40,45)(H,46,47)/t23?,24-,26-,37?. The van der Waals surface area contributed by atoms with Crippen LogP contribution < -0.4 is 5.32 Å². The molecule has 1 aliphatic carbocycles. The van der Waals surface area contributed by atoms with Crippen LogP contribution in [-0.4, -0.2) is 88.9 Å². The van der Waals surface area contributed by atoms with E-state index in [-0.39, 0.29) is 40.2 Å². The van der Waals surface area contributed by atoms with E-state index in [0.717, 1.165) is 23.7 Å². The third kappa shape index (κ3) is 6.81. The Hall–Kier alpha value is -3.03. The van der Waals surface area contributed by atoms with Crippen molar-refractivity contribution < 1.29 is 33.7 Å². The van der Waals surface area contributed by atoms with E-state index >= 15 is 4.79 Å². The average molecular weight is 730 g/mol. The van der Waals surface area contributed by atoms with Crippen molar-refractivity contribution in [2.75, 3.05) is 39.2 Å². The van der Waals surface area contributed by atoms with E-state index in [9.17, 15) is 14.7 Å². The Morgan fingerprint density at radius 1 is 1.02 bits per heavy atom. The molecular formula is C37H46Cl2N4O7. The Morgan fingerprint density at radius 2 is 1.70 bits per heavy atom. The second-order valence-electron chi connectivity index (χ2n) is 13.9. The van der Waals surface area contributed by atoms with E-state index < -0.39 is 23.6 Å². The maximum absolute atomic E-state index is 15.1. The number of benzene rings is 2. The molecule has 270 valence electrons. The van der Waals surface area contributed by atoms with E-state index in [0.29, 0.717) is 68.6 Å². The molecule has 50 heavy (non-hydrogen) atoms. The highest BCUT2D eigenvalue weighted by atomic mass is 35.5. The number of para-hydroxylation sites is 1. The number of nitrogens with one attached hydrogen (secondary N) is 1. The molecule has 0 bridgehead atoms. The number of fused-ring (bicyclic) bond motifs is 1. The predicted molar refractivity (Wildman–Crippen MR) is 191 cm³/mol. The number of aliphatic carboxylic acids is 1. The zero-order valence-electron chi connectivity index (χ0n) is 29.0. The Balaban J connectivity index is 1.33. The van der Waals surface area contributed by atoms with Gasteiger partial charge in [0.15, 0.2) is 5.78 Å². The molecular weight excluding hydrogens is 683 g/mol. The first-order chi connectivity index (χ1) is 23.9. The van der Waals surface area contributed by atoms with Crippen LogP contribution >= 0.6 is 23.2 Å². The van der Waals surface area contributed by atoms with E-state index in [1.165, 1.54) is 0 Å². The highest BCUT2D eigenvalue weighted by Gasteiger charge is 2.62. The fourth-order valence-corrected chi connectivity index (χ4v) is 8.56. The molecule has 1 aromatic heterocycles. The fourth-order valence-electron chi connectivity index (χ4n) is 8.09. The maximum Gasteiger partial charge on any atom is 0.306 e. The number of hydrogen-bond donors (Lipinski definition) is 2. The topological polar surface area (TPSA) is 123 Å². The third-order valence-corrected chi connectivity index (χ3v) is 11.3. The number of rotatable bonds is 12.